The normalized spacial score (nSPS) is 18.0. The number of pyridine rings is 1. The summed E-state index contributed by atoms with van der Waals surface area (Å²) in [5, 5.41) is 0. The van der Waals surface area contributed by atoms with E-state index in [2.05, 4.69) is 43.7 Å². The van der Waals surface area contributed by atoms with Gasteiger partial charge in [-0.1, -0.05) is 25.6 Å². The van der Waals surface area contributed by atoms with Crippen molar-refractivity contribution in [3.8, 4) is 0 Å². The molecule has 20 heavy (non-hydrogen) atoms. The molecule has 2 heterocycles. The minimum Gasteiger partial charge on any atom is -0.392 e. The summed E-state index contributed by atoms with van der Waals surface area (Å²) >= 11 is 8.62. The molecule has 1 aliphatic heterocycles. The number of halogens is 1. The Morgan fingerprint density at radius 2 is 2.10 bits per heavy atom. The van der Waals surface area contributed by atoms with Crippen LogP contribution in [0.15, 0.2) is 22.8 Å². The molecule has 2 rings (SSSR count). The van der Waals surface area contributed by atoms with Gasteiger partial charge in [0.1, 0.15) is 5.82 Å². The van der Waals surface area contributed by atoms with Gasteiger partial charge in [0.25, 0.3) is 0 Å². The number of hydrogen-bond acceptors (Lipinski definition) is 4. The van der Waals surface area contributed by atoms with E-state index >= 15 is 0 Å². The quantitative estimate of drug-likeness (QED) is 0.820. The van der Waals surface area contributed by atoms with E-state index in [4.69, 9.17) is 18.0 Å². The van der Waals surface area contributed by atoms with Crippen molar-refractivity contribution < 1.29 is 0 Å². The molecule has 0 aliphatic carbocycles. The van der Waals surface area contributed by atoms with Gasteiger partial charge in [-0.25, -0.2) is 4.98 Å². The molecule has 6 heteroatoms. The van der Waals surface area contributed by atoms with E-state index in [9.17, 15) is 0 Å². The predicted molar refractivity (Wildman–Crippen MR) is 91.2 cm³/mol. The van der Waals surface area contributed by atoms with E-state index in [1.807, 2.05) is 12.3 Å². The highest BCUT2D eigenvalue weighted by atomic mass is 79.9. The highest BCUT2D eigenvalue weighted by Gasteiger charge is 2.25. The van der Waals surface area contributed by atoms with Crippen molar-refractivity contribution in [1.29, 1.82) is 0 Å². The number of rotatable bonds is 5. The molecule has 4 nitrogen and oxygen atoms in total. The number of piperazine rings is 1. The Morgan fingerprint density at radius 1 is 1.40 bits per heavy atom. The molecule has 1 atom stereocenters. The predicted octanol–water partition coefficient (Wildman–Crippen LogP) is 2.42. The van der Waals surface area contributed by atoms with Crippen LogP contribution >= 0.6 is 28.1 Å². The van der Waals surface area contributed by atoms with Crippen molar-refractivity contribution in [2.45, 2.75) is 25.8 Å². The zero-order chi connectivity index (χ0) is 14.5. The Balaban J connectivity index is 1.94. The highest BCUT2D eigenvalue weighted by Crippen LogP contribution is 2.18. The molecule has 0 amide bonds. The maximum Gasteiger partial charge on any atom is 0.128 e. The van der Waals surface area contributed by atoms with E-state index in [-0.39, 0.29) is 6.04 Å². The van der Waals surface area contributed by atoms with Gasteiger partial charge in [0.05, 0.1) is 11.0 Å². The van der Waals surface area contributed by atoms with E-state index in [0.29, 0.717) is 4.99 Å². The molecule has 1 unspecified atom stereocenters. The van der Waals surface area contributed by atoms with Gasteiger partial charge in [-0.05, 0) is 34.5 Å². The third-order valence-electron chi connectivity index (χ3n) is 3.68. The van der Waals surface area contributed by atoms with Crippen LogP contribution in [0.4, 0.5) is 5.82 Å². The first-order chi connectivity index (χ1) is 9.61. The lowest BCUT2D eigenvalue weighted by Crippen LogP contribution is -2.53. The Bertz CT molecular complexity index is 443. The molecule has 0 saturated carbocycles. The van der Waals surface area contributed by atoms with E-state index in [1.165, 1.54) is 0 Å². The molecule has 0 aromatic carbocycles. The van der Waals surface area contributed by atoms with Gasteiger partial charge in [0, 0.05) is 36.8 Å². The van der Waals surface area contributed by atoms with Crippen molar-refractivity contribution in [2.24, 2.45) is 5.73 Å². The van der Waals surface area contributed by atoms with Crippen LogP contribution < -0.4 is 10.6 Å². The first-order valence-electron chi connectivity index (χ1n) is 7.01. The van der Waals surface area contributed by atoms with Crippen LogP contribution in [0.2, 0.25) is 0 Å². The zero-order valence-electron chi connectivity index (χ0n) is 11.8. The fourth-order valence-corrected chi connectivity index (χ4v) is 3.10. The molecular weight excluding hydrogens is 336 g/mol. The number of anilines is 1. The third kappa shape index (κ3) is 3.90. The summed E-state index contributed by atoms with van der Waals surface area (Å²) in [6, 6.07) is 4.33. The number of aromatic nitrogens is 1. The van der Waals surface area contributed by atoms with Crippen LogP contribution in [0.1, 0.15) is 19.8 Å². The molecule has 0 bridgehead atoms. The van der Waals surface area contributed by atoms with Gasteiger partial charge < -0.3 is 10.6 Å². The van der Waals surface area contributed by atoms with Crippen LogP contribution in [0.25, 0.3) is 0 Å². The van der Waals surface area contributed by atoms with Crippen molar-refractivity contribution in [2.75, 3.05) is 31.1 Å². The first kappa shape index (κ1) is 15.7. The van der Waals surface area contributed by atoms with Gasteiger partial charge in [-0.2, -0.15) is 0 Å². The molecule has 0 spiro atoms. The largest absolute Gasteiger partial charge is 0.392 e. The number of hydrogen-bond donors (Lipinski definition) is 1. The third-order valence-corrected chi connectivity index (χ3v) is 4.42. The lowest BCUT2D eigenvalue weighted by atomic mass is 10.1. The number of nitrogens with two attached hydrogens (primary N) is 1. The maximum absolute atomic E-state index is 5.87. The summed E-state index contributed by atoms with van der Waals surface area (Å²) in [5.74, 6) is 1.04. The molecule has 1 aromatic heterocycles. The summed E-state index contributed by atoms with van der Waals surface area (Å²) < 4.78 is 1.01. The lowest BCUT2D eigenvalue weighted by Gasteiger charge is -2.39. The van der Waals surface area contributed by atoms with Gasteiger partial charge in [0.2, 0.25) is 0 Å². The van der Waals surface area contributed by atoms with Crippen LogP contribution in [-0.2, 0) is 0 Å². The zero-order valence-corrected chi connectivity index (χ0v) is 14.2. The standard InChI is InChI=1S/C14H21BrN4S/c1-2-3-12(14(16)20)18-6-8-19(9-7-18)13-5-4-11(15)10-17-13/h4-5,10,12H,2-3,6-9H2,1H3,(H2,16,20). The molecule has 1 aromatic rings. The monoisotopic (exact) mass is 356 g/mol. The lowest BCUT2D eigenvalue weighted by molar-refractivity contribution is 0.219. The fraction of sp³-hybridized carbons (Fsp3) is 0.571. The molecular formula is C14H21BrN4S. The van der Waals surface area contributed by atoms with E-state index < -0.39 is 0 Å². The average Bonchev–Trinajstić information content (AvgIpc) is 2.45. The fourth-order valence-electron chi connectivity index (χ4n) is 2.60. The second kappa shape index (κ2) is 7.33. The van der Waals surface area contributed by atoms with Crippen LogP contribution in [0, 0.1) is 0 Å². The average molecular weight is 357 g/mol. The van der Waals surface area contributed by atoms with Gasteiger partial charge in [-0.3, -0.25) is 4.90 Å². The second-order valence-electron chi connectivity index (χ2n) is 5.06. The first-order valence-corrected chi connectivity index (χ1v) is 8.21. The molecule has 0 radical (unpaired) electrons. The molecule has 110 valence electrons. The highest BCUT2D eigenvalue weighted by molar-refractivity contribution is 9.10. The Morgan fingerprint density at radius 3 is 2.60 bits per heavy atom. The van der Waals surface area contributed by atoms with Crippen LogP contribution in [0.5, 0.6) is 0 Å². The second-order valence-corrected chi connectivity index (χ2v) is 6.45. The van der Waals surface area contributed by atoms with Crippen molar-refractivity contribution >= 4 is 39.0 Å². The minimum atomic E-state index is 0.245. The van der Waals surface area contributed by atoms with Gasteiger partial charge in [0.15, 0.2) is 0 Å². The number of nitrogens with zero attached hydrogens (tertiary/aromatic N) is 3. The van der Waals surface area contributed by atoms with Crippen molar-refractivity contribution in [3.05, 3.63) is 22.8 Å². The topological polar surface area (TPSA) is 45.4 Å². The summed E-state index contributed by atoms with van der Waals surface area (Å²) in [6.07, 6.45) is 4.00. The van der Waals surface area contributed by atoms with E-state index in [1.54, 1.807) is 0 Å². The smallest absolute Gasteiger partial charge is 0.128 e. The Labute approximate surface area is 134 Å². The van der Waals surface area contributed by atoms with Crippen molar-refractivity contribution in [1.82, 2.24) is 9.88 Å². The molecule has 1 fully saturated rings. The van der Waals surface area contributed by atoms with E-state index in [0.717, 1.165) is 49.3 Å². The van der Waals surface area contributed by atoms with Gasteiger partial charge in [-0.15, -0.1) is 0 Å². The minimum absolute atomic E-state index is 0.245. The number of thiocarbonyl (C=S) groups is 1. The SMILES string of the molecule is CCCC(C(N)=S)N1CCN(c2ccc(Br)cn2)CC1. The van der Waals surface area contributed by atoms with Crippen LogP contribution in [-0.4, -0.2) is 47.1 Å². The maximum atomic E-state index is 5.87. The van der Waals surface area contributed by atoms with Crippen molar-refractivity contribution in [3.63, 3.8) is 0 Å². The summed E-state index contributed by atoms with van der Waals surface area (Å²) in [5.41, 5.74) is 5.87. The molecule has 1 aliphatic rings. The van der Waals surface area contributed by atoms with Gasteiger partial charge >= 0.3 is 0 Å². The molecule has 2 N–H and O–H groups in total. The molecule has 1 saturated heterocycles. The summed E-state index contributed by atoms with van der Waals surface area (Å²) in [4.78, 5) is 9.80. The summed E-state index contributed by atoms with van der Waals surface area (Å²) in [7, 11) is 0. The summed E-state index contributed by atoms with van der Waals surface area (Å²) in [6.45, 7) is 6.09. The Hall–Kier alpha value is -0.720. The Kier molecular flexibility index (Phi) is 5.74. The van der Waals surface area contributed by atoms with Crippen LogP contribution in [0.3, 0.4) is 0 Å².